The Kier molecular flexibility index (Phi) is 7.87. The van der Waals surface area contributed by atoms with E-state index in [1.807, 2.05) is 60.8 Å². The van der Waals surface area contributed by atoms with Gasteiger partial charge in [-0.05, 0) is 54.8 Å². The fraction of sp³-hybridized carbons (Fsp3) is 0.240. The zero-order chi connectivity index (χ0) is 23.9. The van der Waals surface area contributed by atoms with Crippen LogP contribution in [0.1, 0.15) is 18.2 Å². The van der Waals surface area contributed by atoms with Crippen molar-refractivity contribution in [3.05, 3.63) is 70.9 Å². The third kappa shape index (κ3) is 5.98. The average Bonchev–Trinajstić information content (AvgIpc) is 3.44. The van der Waals surface area contributed by atoms with Gasteiger partial charge in [-0.2, -0.15) is 0 Å². The number of thiophene rings is 1. The second-order valence-electron chi connectivity index (χ2n) is 7.42. The third-order valence-corrected chi connectivity index (χ3v) is 7.05. The summed E-state index contributed by atoms with van der Waals surface area (Å²) in [5.41, 5.74) is 1.35. The molecular weight excluding hydrogens is 470 g/mol. The molecule has 9 heteroatoms. The fourth-order valence-corrected chi connectivity index (χ4v) is 5.26. The molecule has 0 saturated carbocycles. The number of ether oxygens (including phenoxy) is 2. The number of carbonyl (C=O) groups is 2. The largest absolute Gasteiger partial charge is 0.497 e. The molecule has 2 aromatic carbocycles. The van der Waals surface area contributed by atoms with E-state index in [2.05, 4.69) is 5.32 Å². The molecule has 0 aliphatic carbocycles. The summed E-state index contributed by atoms with van der Waals surface area (Å²) in [6.45, 7) is 2.87. The molecule has 1 N–H and O–H groups in total. The first-order valence-electron chi connectivity index (χ1n) is 10.8. The van der Waals surface area contributed by atoms with Gasteiger partial charge in [-0.25, -0.2) is 4.99 Å². The Hall–Kier alpha value is -3.30. The molecule has 1 saturated heterocycles. The van der Waals surface area contributed by atoms with Crippen LogP contribution in [0.3, 0.4) is 0 Å². The summed E-state index contributed by atoms with van der Waals surface area (Å²) in [6, 6.07) is 18.5. The maximum absolute atomic E-state index is 13.3. The molecule has 1 fully saturated rings. The molecule has 4 rings (SSSR count). The van der Waals surface area contributed by atoms with Gasteiger partial charge in [0.05, 0.1) is 25.9 Å². The molecule has 176 valence electrons. The lowest BCUT2D eigenvalue weighted by atomic mass is 10.2. The SMILES string of the molecule is CCOc1cccc(NC(=O)CC2SC(=Nc3ccc(OC)cc3)N(Cc3cccs3)C2=O)c1. The zero-order valence-electron chi connectivity index (χ0n) is 18.9. The summed E-state index contributed by atoms with van der Waals surface area (Å²) in [5, 5.41) is 4.88. The Bertz CT molecular complexity index is 1160. The van der Waals surface area contributed by atoms with Gasteiger partial charge in [0, 0.05) is 23.1 Å². The first kappa shape index (κ1) is 23.8. The molecule has 1 atom stereocenters. The maximum atomic E-state index is 13.3. The number of benzene rings is 2. The first-order valence-corrected chi connectivity index (χ1v) is 12.6. The number of carbonyl (C=O) groups excluding carboxylic acids is 2. The van der Waals surface area contributed by atoms with Gasteiger partial charge < -0.3 is 14.8 Å². The summed E-state index contributed by atoms with van der Waals surface area (Å²) in [4.78, 5) is 33.4. The van der Waals surface area contributed by atoms with Crippen molar-refractivity contribution in [2.75, 3.05) is 19.0 Å². The molecule has 1 aliphatic heterocycles. The number of nitrogens with one attached hydrogen (secondary N) is 1. The summed E-state index contributed by atoms with van der Waals surface area (Å²) in [7, 11) is 1.61. The lowest BCUT2D eigenvalue weighted by Crippen LogP contribution is -2.32. The number of methoxy groups -OCH3 is 1. The molecule has 0 spiro atoms. The van der Waals surface area contributed by atoms with E-state index < -0.39 is 5.25 Å². The van der Waals surface area contributed by atoms with Gasteiger partial charge in [0.2, 0.25) is 11.8 Å². The Labute approximate surface area is 206 Å². The van der Waals surface area contributed by atoms with E-state index in [1.54, 1.807) is 35.5 Å². The quantitative estimate of drug-likeness (QED) is 0.435. The Morgan fingerprint density at radius 2 is 1.94 bits per heavy atom. The zero-order valence-corrected chi connectivity index (χ0v) is 20.5. The number of anilines is 1. The second kappa shape index (κ2) is 11.2. The van der Waals surface area contributed by atoms with Crippen LogP contribution in [0.2, 0.25) is 0 Å². The van der Waals surface area contributed by atoms with Crippen LogP contribution in [0.25, 0.3) is 0 Å². The van der Waals surface area contributed by atoms with Crippen molar-refractivity contribution < 1.29 is 19.1 Å². The lowest BCUT2D eigenvalue weighted by Gasteiger charge is -2.15. The number of thioether (sulfide) groups is 1. The van der Waals surface area contributed by atoms with Gasteiger partial charge in [0.15, 0.2) is 5.17 Å². The van der Waals surface area contributed by atoms with Crippen LogP contribution < -0.4 is 14.8 Å². The highest BCUT2D eigenvalue weighted by Crippen LogP contribution is 2.34. The number of hydrogen-bond donors (Lipinski definition) is 1. The van der Waals surface area contributed by atoms with Crippen molar-refractivity contribution in [1.82, 2.24) is 4.90 Å². The molecule has 1 unspecified atom stereocenters. The molecule has 1 aromatic heterocycles. The van der Waals surface area contributed by atoms with Crippen LogP contribution in [0.4, 0.5) is 11.4 Å². The molecule has 2 heterocycles. The van der Waals surface area contributed by atoms with Crippen LogP contribution >= 0.6 is 23.1 Å². The fourth-order valence-electron chi connectivity index (χ4n) is 3.41. The molecule has 2 amide bonds. The Morgan fingerprint density at radius 3 is 2.65 bits per heavy atom. The van der Waals surface area contributed by atoms with Crippen molar-refractivity contribution in [3.8, 4) is 11.5 Å². The molecule has 0 radical (unpaired) electrons. The minimum atomic E-state index is -0.549. The monoisotopic (exact) mass is 495 g/mol. The van der Waals surface area contributed by atoms with Gasteiger partial charge in [-0.1, -0.05) is 23.9 Å². The molecule has 7 nitrogen and oxygen atoms in total. The molecule has 34 heavy (non-hydrogen) atoms. The standard InChI is InChI=1S/C25H25N3O4S2/c1-3-32-20-7-4-6-18(14-20)26-23(29)15-22-24(30)28(16-21-8-5-13-33-21)25(34-22)27-17-9-11-19(31-2)12-10-17/h4-14,22H,3,15-16H2,1-2H3,(H,26,29). The van der Waals surface area contributed by atoms with Crippen LogP contribution in [0.5, 0.6) is 11.5 Å². The normalized spacial score (nSPS) is 16.6. The number of hydrogen-bond acceptors (Lipinski definition) is 7. The highest BCUT2D eigenvalue weighted by Gasteiger charge is 2.39. The van der Waals surface area contributed by atoms with Crippen LogP contribution in [-0.4, -0.2) is 40.8 Å². The number of amides is 2. The minimum absolute atomic E-state index is 0.0466. The summed E-state index contributed by atoms with van der Waals surface area (Å²) < 4.78 is 10.7. The van der Waals surface area contributed by atoms with Gasteiger partial charge >= 0.3 is 0 Å². The van der Waals surface area contributed by atoms with Gasteiger partial charge in [0.25, 0.3) is 0 Å². The van der Waals surface area contributed by atoms with E-state index in [0.717, 1.165) is 10.6 Å². The van der Waals surface area contributed by atoms with E-state index in [9.17, 15) is 9.59 Å². The number of amidine groups is 1. The number of nitrogens with zero attached hydrogens (tertiary/aromatic N) is 2. The Morgan fingerprint density at radius 1 is 1.12 bits per heavy atom. The summed E-state index contributed by atoms with van der Waals surface area (Å²) in [6.07, 6.45) is 0.0466. The van der Waals surface area contributed by atoms with Crippen molar-refractivity contribution >= 4 is 51.5 Å². The molecule has 1 aliphatic rings. The van der Waals surface area contributed by atoms with E-state index in [-0.39, 0.29) is 18.2 Å². The molecule has 0 bridgehead atoms. The van der Waals surface area contributed by atoms with Crippen molar-refractivity contribution in [2.45, 2.75) is 25.1 Å². The van der Waals surface area contributed by atoms with Gasteiger partial charge in [-0.15, -0.1) is 11.3 Å². The predicted octanol–water partition coefficient (Wildman–Crippen LogP) is 5.32. The first-order chi connectivity index (χ1) is 16.6. The van der Waals surface area contributed by atoms with E-state index in [1.165, 1.54) is 11.8 Å². The van der Waals surface area contributed by atoms with Crippen LogP contribution in [0.15, 0.2) is 71.0 Å². The predicted molar refractivity (Wildman–Crippen MR) is 137 cm³/mol. The lowest BCUT2D eigenvalue weighted by molar-refractivity contribution is -0.128. The van der Waals surface area contributed by atoms with Gasteiger partial charge in [-0.3, -0.25) is 14.5 Å². The maximum Gasteiger partial charge on any atom is 0.243 e. The van der Waals surface area contributed by atoms with Crippen molar-refractivity contribution in [3.63, 3.8) is 0 Å². The van der Waals surface area contributed by atoms with Crippen LogP contribution in [-0.2, 0) is 16.1 Å². The van der Waals surface area contributed by atoms with Crippen molar-refractivity contribution in [1.29, 1.82) is 0 Å². The topological polar surface area (TPSA) is 80.2 Å². The van der Waals surface area contributed by atoms with Crippen LogP contribution in [0, 0.1) is 0 Å². The second-order valence-corrected chi connectivity index (χ2v) is 9.62. The van der Waals surface area contributed by atoms with E-state index in [0.29, 0.717) is 35.4 Å². The molecule has 3 aromatic rings. The summed E-state index contributed by atoms with van der Waals surface area (Å²) >= 11 is 2.90. The minimum Gasteiger partial charge on any atom is -0.497 e. The van der Waals surface area contributed by atoms with Crippen molar-refractivity contribution in [2.24, 2.45) is 4.99 Å². The summed E-state index contributed by atoms with van der Waals surface area (Å²) in [5.74, 6) is 1.06. The molecular formula is C25H25N3O4S2. The van der Waals surface area contributed by atoms with E-state index >= 15 is 0 Å². The number of aliphatic imine (C=N–C) groups is 1. The number of rotatable bonds is 9. The Balaban J connectivity index is 1.50. The van der Waals surface area contributed by atoms with E-state index in [4.69, 9.17) is 14.5 Å². The smallest absolute Gasteiger partial charge is 0.243 e. The average molecular weight is 496 g/mol. The highest BCUT2D eigenvalue weighted by molar-refractivity contribution is 8.15. The van der Waals surface area contributed by atoms with Gasteiger partial charge in [0.1, 0.15) is 16.7 Å². The highest BCUT2D eigenvalue weighted by atomic mass is 32.2. The third-order valence-electron chi connectivity index (χ3n) is 5.01.